The van der Waals surface area contributed by atoms with E-state index in [2.05, 4.69) is 17.4 Å². The van der Waals surface area contributed by atoms with Crippen molar-refractivity contribution in [3.8, 4) is 0 Å². The molecule has 1 aliphatic carbocycles. The van der Waals surface area contributed by atoms with Gasteiger partial charge in [0.2, 0.25) is 5.91 Å². The number of benzene rings is 2. The van der Waals surface area contributed by atoms with Crippen molar-refractivity contribution in [3.05, 3.63) is 65.0 Å². The Hall–Kier alpha value is -2.45. The second-order valence-corrected chi connectivity index (χ2v) is 9.84. The van der Waals surface area contributed by atoms with Crippen molar-refractivity contribution >= 4 is 21.8 Å². The van der Waals surface area contributed by atoms with Gasteiger partial charge in [0.15, 0.2) is 0 Å². The third-order valence-electron chi connectivity index (χ3n) is 5.40. The lowest BCUT2D eigenvalue weighted by Crippen LogP contribution is -2.46. The second-order valence-electron chi connectivity index (χ2n) is 7.77. The number of para-hydroxylation sites is 1. The number of anilines is 1. The Kier molecular flexibility index (Phi) is 6.77. The van der Waals surface area contributed by atoms with Crippen molar-refractivity contribution in [2.75, 3.05) is 24.9 Å². The molecule has 2 aromatic rings. The first-order chi connectivity index (χ1) is 14.2. The Bertz CT molecular complexity index is 1020. The van der Waals surface area contributed by atoms with Crippen LogP contribution in [0.1, 0.15) is 42.5 Å². The van der Waals surface area contributed by atoms with Gasteiger partial charge in [0.25, 0.3) is 0 Å². The zero-order valence-electron chi connectivity index (χ0n) is 17.6. The number of amides is 1. The van der Waals surface area contributed by atoms with Crippen molar-refractivity contribution in [3.63, 3.8) is 0 Å². The standard InChI is InChI=1S/C22H28FN3O3S/c1-16(18-13-12-17-8-4-5-9-19(17)14-18)24-22(27)15-26(30(28,29)25(2)3)21-11-7-6-10-20(21)23/h6-7,10-14,16H,4-5,8-9,15H2,1-3H3,(H,24,27)/t16-/m1/s1. The third kappa shape index (κ3) is 4.82. The average Bonchev–Trinajstić information content (AvgIpc) is 2.72. The Morgan fingerprint density at radius 3 is 2.43 bits per heavy atom. The number of halogens is 1. The molecule has 0 radical (unpaired) electrons. The summed E-state index contributed by atoms with van der Waals surface area (Å²) in [5.74, 6) is -1.22. The van der Waals surface area contributed by atoms with Gasteiger partial charge in [-0.25, -0.2) is 8.70 Å². The van der Waals surface area contributed by atoms with Crippen LogP contribution in [-0.2, 0) is 27.8 Å². The van der Waals surface area contributed by atoms with E-state index in [1.807, 2.05) is 13.0 Å². The average molecular weight is 434 g/mol. The fourth-order valence-electron chi connectivity index (χ4n) is 3.67. The van der Waals surface area contributed by atoms with Gasteiger partial charge in [-0.2, -0.15) is 12.7 Å². The SMILES string of the molecule is C[C@@H](NC(=O)CN(c1ccccc1F)S(=O)(=O)N(C)C)c1ccc2c(c1)CCCC2. The Labute approximate surface area is 177 Å². The van der Waals surface area contributed by atoms with Crippen LogP contribution in [0.4, 0.5) is 10.1 Å². The molecule has 162 valence electrons. The number of rotatable bonds is 7. The zero-order valence-corrected chi connectivity index (χ0v) is 18.4. The first-order valence-corrected chi connectivity index (χ1v) is 11.5. The maximum absolute atomic E-state index is 14.3. The minimum atomic E-state index is -4.06. The molecule has 0 aromatic heterocycles. The molecule has 0 spiro atoms. The molecular weight excluding hydrogens is 405 g/mol. The molecule has 0 bridgehead atoms. The lowest BCUT2D eigenvalue weighted by Gasteiger charge is -2.28. The summed E-state index contributed by atoms with van der Waals surface area (Å²) < 4.78 is 41.5. The highest BCUT2D eigenvalue weighted by molar-refractivity contribution is 7.90. The van der Waals surface area contributed by atoms with E-state index >= 15 is 0 Å². The van der Waals surface area contributed by atoms with Gasteiger partial charge in [0, 0.05) is 14.1 Å². The summed E-state index contributed by atoms with van der Waals surface area (Å²) >= 11 is 0. The number of fused-ring (bicyclic) bond motifs is 1. The van der Waals surface area contributed by atoms with E-state index in [4.69, 9.17) is 0 Å². The van der Waals surface area contributed by atoms with E-state index in [-0.39, 0.29) is 11.7 Å². The molecule has 8 heteroatoms. The van der Waals surface area contributed by atoms with Gasteiger partial charge >= 0.3 is 10.2 Å². The number of hydrogen-bond donors (Lipinski definition) is 1. The lowest BCUT2D eigenvalue weighted by atomic mass is 9.89. The summed E-state index contributed by atoms with van der Waals surface area (Å²) in [6.07, 6.45) is 4.48. The molecular formula is C22H28FN3O3S. The molecule has 0 heterocycles. The Balaban J connectivity index is 1.78. The monoisotopic (exact) mass is 433 g/mol. The maximum Gasteiger partial charge on any atom is 0.304 e. The smallest absolute Gasteiger partial charge is 0.304 e. The lowest BCUT2D eigenvalue weighted by molar-refractivity contribution is -0.120. The van der Waals surface area contributed by atoms with Crippen molar-refractivity contribution in [1.82, 2.24) is 9.62 Å². The van der Waals surface area contributed by atoms with Crippen LogP contribution >= 0.6 is 0 Å². The van der Waals surface area contributed by atoms with Gasteiger partial charge in [-0.05, 0) is 61.4 Å². The minimum Gasteiger partial charge on any atom is -0.348 e. The Morgan fingerprint density at radius 2 is 1.77 bits per heavy atom. The van der Waals surface area contributed by atoms with Gasteiger partial charge in [-0.3, -0.25) is 4.79 Å². The van der Waals surface area contributed by atoms with Crippen LogP contribution in [-0.4, -0.2) is 39.3 Å². The second kappa shape index (κ2) is 9.14. The molecule has 3 rings (SSSR count). The van der Waals surface area contributed by atoms with E-state index in [1.165, 1.54) is 55.9 Å². The van der Waals surface area contributed by atoms with Crippen molar-refractivity contribution in [1.29, 1.82) is 0 Å². The number of carbonyl (C=O) groups is 1. The molecule has 1 atom stereocenters. The number of carbonyl (C=O) groups excluding carboxylic acids is 1. The highest BCUT2D eigenvalue weighted by Gasteiger charge is 2.29. The van der Waals surface area contributed by atoms with Crippen LogP contribution in [0.15, 0.2) is 42.5 Å². The van der Waals surface area contributed by atoms with Gasteiger partial charge in [-0.1, -0.05) is 30.3 Å². The van der Waals surface area contributed by atoms with Crippen LogP contribution in [0, 0.1) is 5.82 Å². The van der Waals surface area contributed by atoms with Gasteiger partial charge in [0.1, 0.15) is 12.4 Å². The van der Waals surface area contributed by atoms with Gasteiger partial charge in [0.05, 0.1) is 11.7 Å². The van der Waals surface area contributed by atoms with Crippen LogP contribution in [0.2, 0.25) is 0 Å². The number of hydrogen-bond acceptors (Lipinski definition) is 3. The molecule has 0 aliphatic heterocycles. The minimum absolute atomic E-state index is 0.164. The number of nitrogens with zero attached hydrogens (tertiary/aromatic N) is 2. The van der Waals surface area contributed by atoms with E-state index in [0.717, 1.165) is 33.4 Å². The molecule has 0 unspecified atom stereocenters. The molecule has 1 aliphatic rings. The van der Waals surface area contributed by atoms with E-state index in [0.29, 0.717) is 0 Å². The van der Waals surface area contributed by atoms with E-state index in [1.54, 1.807) is 0 Å². The fraction of sp³-hybridized carbons (Fsp3) is 0.409. The quantitative estimate of drug-likeness (QED) is 0.729. The first kappa shape index (κ1) is 22.2. The fourth-order valence-corrected chi connectivity index (χ4v) is 4.74. The highest BCUT2D eigenvalue weighted by atomic mass is 32.2. The van der Waals surface area contributed by atoms with E-state index in [9.17, 15) is 17.6 Å². The molecule has 0 saturated carbocycles. The van der Waals surface area contributed by atoms with E-state index < -0.39 is 28.5 Å². The highest BCUT2D eigenvalue weighted by Crippen LogP contribution is 2.25. The molecule has 1 N–H and O–H groups in total. The zero-order chi connectivity index (χ0) is 21.9. The Morgan fingerprint density at radius 1 is 1.10 bits per heavy atom. The van der Waals surface area contributed by atoms with Crippen molar-refractivity contribution < 1.29 is 17.6 Å². The van der Waals surface area contributed by atoms with Crippen molar-refractivity contribution in [2.24, 2.45) is 0 Å². The van der Waals surface area contributed by atoms with Crippen LogP contribution in [0.25, 0.3) is 0 Å². The first-order valence-electron chi connectivity index (χ1n) is 10.1. The molecule has 1 amide bonds. The predicted molar refractivity (Wildman–Crippen MR) is 116 cm³/mol. The number of aryl methyl sites for hydroxylation is 2. The molecule has 30 heavy (non-hydrogen) atoms. The van der Waals surface area contributed by atoms with Crippen LogP contribution < -0.4 is 9.62 Å². The summed E-state index contributed by atoms with van der Waals surface area (Å²) in [6, 6.07) is 11.4. The molecule has 6 nitrogen and oxygen atoms in total. The normalized spacial score (nSPS) is 14.8. The summed E-state index contributed by atoms with van der Waals surface area (Å²) in [5, 5.41) is 2.85. The molecule has 2 aromatic carbocycles. The number of nitrogens with one attached hydrogen (secondary N) is 1. The van der Waals surface area contributed by atoms with Gasteiger partial charge < -0.3 is 5.32 Å². The van der Waals surface area contributed by atoms with Crippen LogP contribution in [0.3, 0.4) is 0 Å². The largest absolute Gasteiger partial charge is 0.348 e. The topological polar surface area (TPSA) is 69.7 Å². The molecule has 0 fully saturated rings. The van der Waals surface area contributed by atoms with Crippen molar-refractivity contribution in [2.45, 2.75) is 38.6 Å². The summed E-state index contributed by atoms with van der Waals surface area (Å²) in [7, 11) is -1.37. The molecule has 0 saturated heterocycles. The summed E-state index contributed by atoms with van der Waals surface area (Å²) in [4.78, 5) is 12.7. The summed E-state index contributed by atoms with van der Waals surface area (Å²) in [6.45, 7) is 1.34. The third-order valence-corrected chi connectivity index (χ3v) is 7.20. The predicted octanol–water partition coefficient (Wildman–Crippen LogP) is 3.19. The van der Waals surface area contributed by atoms with Gasteiger partial charge in [-0.15, -0.1) is 0 Å². The summed E-state index contributed by atoms with van der Waals surface area (Å²) in [5.41, 5.74) is 3.47. The van der Waals surface area contributed by atoms with Crippen LogP contribution in [0.5, 0.6) is 0 Å². The maximum atomic E-state index is 14.3.